The number of hydrogen-bond donors (Lipinski definition) is 2. The third-order valence-corrected chi connectivity index (χ3v) is 3.60. The van der Waals surface area contributed by atoms with Crippen molar-refractivity contribution in [3.8, 4) is 0 Å². The lowest BCUT2D eigenvalue weighted by Crippen LogP contribution is -2.44. The van der Waals surface area contributed by atoms with E-state index in [2.05, 4.69) is 12.2 Å². The van der Waals surface area contributed by atoms with E-state index in [1.165, 1.54) is 0 Å². The lowest BCUT2D eigenvalue weighted by atomic mass is 9.70. The van der Waals surface area contributed by atoms with Gasteiger partial charge in [0.15, 0.2) is 0 Å². The average molecular weight is 198 g/mol. The molecule has 2 fully saturated rings. The summed E-state index contributed by atoms with van der Waals surface area (Å²) < 4.78 is 5.51. The van der Waals surface area contributed by atoms with Gasteiger partial charge < -0.3 is 15.8 Å². The molecule has 0 radical (unpaired) electrons. The van der Waals surface area contributed by atoms with Crippen molar-refractivity contribution >= 4 is 5.91 Å². The number of carbonyl (C=O) groups excluding carboxylic acids is 1. The molecule has 2 aliphatic rings. The Morgan fingerprint density at radius 2 is 2.43 bits per heavy atom. The van der Waals surface area contributed by atoms with Gasteiger partial charge in [-0.1, -0.05) is 0 Å². The predicted molar refractivity (Wildman–Crippen MR) is 52.6 cm³/mol. The van der Waals surface area contributed by atoms with E-state index < -0.39 is 0 Å². The number of nitrogens with one attached hydrogen (secondary N) is 1. The van der Waals surface area contributed by atoms with E-state index >= 15 is 0 Å². The van der Waals surface area contributed by atoms with Crippen LogP contribution >= 0.6 is 0 Å². The second kappa shape index (κ2) is 3.51. The van der Waals surface area contributed by atoms with Crippen molar-refractivity contribution < 1.29 is 9.53 Å². The summed E-state index contributed by atoms with van der Waals surface area (Å²) in [5.41, 5.74) is 5.50. The number of rotatable bonds is 1. The normalized spacial score (nSPS) is 42.9. The van der Waals surface area contributed by atoms with E-state index in [4.69, 9.17) is 10.5 Å². The Bertz CT molecular complexity index is 244. The van der Waals surface area contributed by atoms with E-state index in [0.717, 1.165) is 32.5 Å². The molecule has 0 aromatic heterocycles. The highest BCUT2D eigenvalue weighted by molar-refractivity contribution is 5.78. The van der Waals surface area contributed by atoms with Crippen LogP contribution in [-0.4, -0.2) is 31.7 Å². The zero-order valence-electron chi connectivity index (χ0n) is 8.58. The van der Waals surface area contributed by atoms with Crippen LogP contribution in [0.4, 0.5) is 0 Å². The highest BCUT2D eigenvalue weighted by Crippen LogP contribution is 2.42. The van der Waals surface area contributed by atoms with Gasteiger partial charge >= 0.3 is 0 Å². The van der Waals surface area contributed by atoms with Crippen molar-refractivity contribution in [3.05, 3.63) is 0 Å². The number of amides is 1. The zero-order chi connectivity index (χ0) is 10.2. The molecule has 2 rings (SSSR count). The Kier molecular flexibility index (Phi) is 2.49. The van der Waals surface area contributed by atoms with Gasteiger partial charge in [-0.2, -0.15) is 0 Å². The Labute approximate surface area is 84.2 Å². The van der Waals surface area contributed by atoms with E-state index in [1.807, 2.05) is 0 Å². The molecule has 3 atom stereocenters. The van der Waals surface area contributed by atoms with E-state index in [0.29, 0.717) is 0 Å². The van der Waals surface area contributed by atoms with Crippen molar-refractivity contribution in [1.82, 2.24) is 5.32 Å². The summed E-state index contributed by atoms with van der Waals surface area (Å²) in [6.45, 7) is 4.47. The molecule has 4 heteroatoms. The maximum atomic E-state index is 11.3. The number of nitrogens with two attached hydrogens (primary N) is 1. The largest absolute Gasteiger partial charge is 0.378 e. The molecule has 0 saturated carbocycles. The first-order chi connectivity index (χ1) is 6.64. The Hall–Kier alpha value is -0.610. The molecule has 0 bridgehead atoms. The number of hydrogen-bond acceptors (Lipinski definition) is 3. The van der Waals surface area contributed by atoms with Crippen molar-refractivity contribution in [1.29, 1.82) is 0 Å². The number of ether oxygens (including phenoxy) is 1. The van der Waals surface area contributed by atoms with E-state index in [-0.39, 0.29) is 23.3 Å². The van der Waals surface area contributed by atoms with E-state index in [9.17, 15) is 4.79 Å². The van der Waals surface area contributed by atoms with Crippen LogP contribution in [0.5, 0.6) is 0 Å². The molecule has 1 amide bonds. The van der Waals surface area contributed by atoms with Crippen LogP contribution in [0.3, 0.4) is 0 Å². The molecule has 4 nitrogen and oxygen atoms in total. The minimum Gasteiger partial charge on any atom is -0.378 e. The van der Waals surface area contributed by atoms with Gasteiger partial charge in [0, 0.05) is 25.1 Å². The van der Waals surface area contributed by atoms with Gasteiger partial charge in [-0.05, 0) is 19.8 Å². The Morgan fingerprint density at radius 1 is 1.64 bits per heavy atom. The second-order valence-corrected chi connectivity index (χ2v) is 4.58. The molecular weight excluding hydrogens is 180 g/mol. The maximum absolute atomic E-state index is 11.3. The molecule has 2 aliphatic heterocycles. The summed E-state index contributed by atoms with van der Waals surface area (Å²) in [5, 5.41) is 3.28. The van der Waals surface area contributed by atoms with Crippen LogP contribution < -0.4 is 11.1 Å². The van der Waals surface area contributed by atoms with Gasteiger partial charge in [0.05, 0.1) is 12.0 Å². The summed E-state index contributed by atoms with van der Waals surface area (Å²) in [6.07, 6.45) is 2.16. The summed E-state index contributed by atoms with van der Waals surface area (Å²) in [4.78, 5) is 11.3. The van der Waals surface area contributed by atoms with Gasteiger partial charge in [-0.3, -0.25) is 4.79 Å². The van der Waals surface area contributed by atoms with Gasteiger partial charge in [-0.25, -0.2) is 0 Å². The van der Waals surface area contributed by atoms with Crippen LogP contribution in [0.2, 0.25) is 0 Å². The average Bonchev–Trinajstić information content (AvgIpc) is 2.48. The van der Waals surface area contributed by atoms with Gasteiger partial charge in [-0.15, -0.1) is 0 Å². The van der Waals surface area contributed by atoms with Gasteiger partial charge in [0.2, 0.25) is 5.91 Å². The molecular formula is C10H18N2O2. The minimum atomic E-state index is -0.163. The molecule has 3 unspecified atom stereocenters. The fourth-order valence-electron chi connectivity index (χ4n) is 2.88. The van der Waals surface area contributed by atoms with E-state index in [1.54, 1.807) is 0 Å². The number of carbonyl (C=O) groups is 1. The van der Waals surface area contributed by atoms with Crippen molar-refractivity contribution in [3.63, 3.8) is 0 Å². The first-order valence-electron chi connectivity index (χ1n) is 5.26. The summed E-state index contributed by atoms with van der Waals surface area (Å²) in [5.74, 6) is -0.169. The smallest absolute Gasteiger partial charge is 0.222 e. The molecule has 0 aliphatic carbocycles. The summed E-state index contributed by atoms with van der Waals surface area (Å²) in [7, 11) is 0. The monoisotopic (exact) mass is 198 g/mol. The molecule has 0 aromatic carbocycles. The first kappa shape index (κ1) is 9.93. The van der Waals surface area contributed by atoms with Crippen LogP contribution in [0.1, 0.15) is 19.8 Å². The van der Waals surface area contributed by atoms with Crippen LogP contribution in [0.25, 0.3) is 0 Å². The van der Waals surface area contributed by atoms with Crippen LogP contribution in [0.15, 0.2) is 0 Å². The molecule has 1 spiro atoms. The minimum absolute atomic E-state index is 0.00569. The Morgan fingerprint density at radius 3 is 3.07 bits per heavy atom. The fourth-order valence-corrected chi connectivity index (χ4v) is 2.88. The SMILES string of the molecule is CC1CC2(CCO1)CNCC2C(N)=O. The third kappa shape index (κ3) is 1.53. The molecule has 80 valence electrons. The lowest BCUT2D eigenvalue weighted by molar-refractivity contribution is -0.128. The molecule has 2 heterocycles. The van der Waals surface area contributed by atoms with Crippen LogP contribution in [-0.2, 0) is 9.53 Å². The van der Waals surface area contributed by atoms with Crippen LogP contribution in [0, 0.1) is 11.3 Å². The predicted octanol–water partition coefficient (Wildman–Crippen LogP) is -0.124. The molecule has 14 heavy (non-hydrogen) atoms. The van der Waals surface area contributed by atoms with Gasteiger partial charge in [0.25, 0.3) is 0 Å². The van der Waals surface area contributed by atoms with Gasteiger partial charge in [0.1, 0.15) is 0 Å². The highest BCUT2D eigenvalue weighted by atomic mass is 16.5. The molecule has 0 aromatic rings. The first-order valence-corrected chi connectivity index (χ1v) is 5.26. The topological polar surface area (TPSA) is 64.3 Å². The van der Waals surface area contributed by atoms with Crippen molar-refractivity contribution in [2.45, 2.75) is 25.9 Å². The Balaban J connectivity index is 2.16. The van der Waals surface area contributed by atoms with Crippen molar-refractivity contribution in [2.24, 2.45) is 17.1 Å². The highest BCUT2D eigenvalue weighted by Gasteiger charge is 2.48. The summed E-state index contributed by atoms with van der Waals surface area (Å²) >= 11 is 0. The van der Waals surface area contributed by atoms with Crippen molar-refractivity contribution in [2.75, 3.05) is 19.7 Å². The quantitative estimate of drug-likeness (QED) is 0.617. The summed E-state index contributed by atoms with van der Waals surface area (Å²) in [6, 6.07) is 0. The molecule has 3 N–H and O–H groups in total. The molecule has 2 saturated heterocycles. The zero-order valence-corrected chi connectivity index (χ0v) is 8.58. The number of primary amides is 1. The lowest BCUT2D eigenvalue weighted by Gasteiger charge is -2.39. The third-order valence-electron chi connectivity index (χ3n) is 3.60. The second-order valence-electron chi connectivity index (χ2n) is 4.58. The maximum Gasteiger partial charge on any atom is 0.222 e. The fraction of sp³-hybridized carbons (Fsp3) is 0.900. The standard InChI is InChI=1S/C10H18N2O2/c1-7-4-10(2-3-14-7)6-12-5-8(10)9(11)13/h7-8,12H,2-6H2,1H3,(H2,11,13).